The van der Waals surface area contributed by atoms with E-state index in [1.165, 1.54) is 50.6 Å². The smallest absolute Gasteiger partial charge is 0.435 e. The number of carboxylic acids is 1. The molecule has 0 aliphatic heterocycles. The lowest BCUT2D eigenvalue weighted by molar-refractivity contribution is -0.141. The zero-order valence-electron chi connectivity index (χ0n) is 16.6. The van der Waals surface area contributed by atoms with Crippen molar-refractivity contribution >= 4 is 35.1 Å². The van der Waals surface area contributed by atoms with E-state index in [1.54, 1.807) is 6.07 Å². The fraction of sp³-hybridized carbons (Fsp3) is 0.150. The molecule has 12 heteroatoms. The molecule has 0 aliphatic carbocycles. The zero-order chi connectivity index (χ0) is 23.6. The Morgan fingerprint density at radius 2 is 1.91 bits per heavy atom. The topological polar surface area (TPSA) is 96.7 Å². The number of aromatic nitrogens is 2. The van der Waals surface area contributed by atoms with Crippen LogP contribution in [0.25, 0.3) is 5.69 Å². The van der Waals surface area contributed by atoms with Crippen molar-refractivity contribution in [2.24, 2.45) is 0 Å². The number of aromatic carboxylic acids is 1. The highest BCUT2D eigenvalue weighted by Gasteiger charge is 2.36. The molecule has 0 aliphatic rings. The maximum atomic E-state index is 13.3. The first-order valence-electron chi connectivity index (χ1n) is 8.90. The Hall–Kier alpha value is -3.73. The molecule has 1 heterocycles. The molecule has 2 amide bonds. The Bertz CT molecular complexity index is 1180. The third kappa shape index (κ3) is 4.78. The predicted octanol–water partition coefficient (Wildman–Crippen LogP) is 4.92. The normalized spacial score (nSPS) is 11.2. The van der Waals surface area contributed by atoms with Crippen molar-refractivity contribution in [2.75, 3.05) is 24.4 Å². The summed E-state index contributed by atoms with van der Waals surface area (Å²) in [6.45, 7) is 0. The number of carbonyl (C=O) groups excluding carboxylic acids is 1. The molecule has 8 nitrogen and oxygen atoms in total. The van der Waals surface area contributed by atoms with E-state index < -0.39 is 23.9 Å². The Balaban J connectivity index is 1.96. The van der Waals surface area contributed by atoms with Gasteiger partial charge < -0.3 is 15.2 Å². The number of carbonyl (C=O) groups is 2. The average Bonchev–Trinajstić information content (AvgIpc) is 3.19. The number of nitrogens with one attached hydrogen (secondary N) is 1. The zero-order valence-corrected chi connectivity index (χ0v) is 17.4. The Labute approximate surface area is 184 Å². The fourth-order valence-corrected chi connectivity index (χ4v) is 2.99. The first-order chi connectivity index (χ1) is 15.0. The molecule has 32 heavy (non-hydrogen) atoms. The van der Waals surface area contributed by atoms with Crippen LogP contribution in [0.1, 0.15) is 16.1 Å². The number of anilines is 2. The Kier molecular flexibility index (Phi) is 6.30. The summed E-state index contributed by atoms with van der Waals surface area (Å²) in [6, 6.07) is 9.74. The minimum absolute atomic E-state index is 0.00119. The summed E-state index contributed by atoms with van der Waals surface area (Å²) in [5, 5.41) is 15.5. The summed E-state index contributed by atoms with van der Waals surface area (Å²) >= 11 is 5.95. The first-order valence-corrected chi connectivity index (χ1v) is 9.28. The lowest BCUT2D eigenvalue weighted by Gasteiger charge is -2.19. The highest BCUT2D eigenvalue weighted by atomic mass is 35.5. The number of benzene rings is 2. The van der Waals surface area contributed by atoms with Crippen LogP contribution in [0.5, 0.6) is 5.75 Å². The van der Waals surface area contributed by atoms with Crippen molar-refractivity contribution in [3.63, 3.8) is 0 Å². The molecular formula is C20H16ClF3N4O4. The number of hydrogen-bond acceptors (Lipinski definition) is 4. The summed E-state index contributed by atoms with van der Waals surface area (Å²) in [6.07, 6.45) is -4.74. The fourth-order valence-electron chi connectivity index (χ4n) is 2.80. The second kappa shape index (κ2) is 8.79. The van der Waals surface area contributed by atoms with Gasteiger partial charge in [0.25, 0.3) is 0 Å². The number of hydrogen-bond donors (Lipinski definition) is 2. The molecular weight excluding hydrogens is 453 g/mol. The monoisotopic (exact) mass is 468 g/mol. The number of nitrogens with zero attached hydrogens (tertiary/aromatic N) is 3. The molecule has 0 saturated carbocycles. The van der Waals surface area contributed by atoms with Gasteiger partial charge in [-0.1, -0.05) is 17.7 Å². The molecule has 1 aromatic heterocycles. The van der Waals surface area contributed by atoms with Crippen LogP contribution < -0.4 is 15.0 Å². The molecule has 3 aromatic rings. The van der Waals surface area contributed by atoms with Crippen LogP contribution in [0.3, 0.4) is 0 Å². The van der Waals surface area contributed by atoms with Crippen LogP contribution in [-0.4, -0.2) is 41.0 Å². The van der Waals surface area contributed by atoms with E-state index >= 15 is 0 Å². The SMILES string of the molecule is COc1cc(NC(=O)N(C)c2cc(C(F)(F)F)nn2-c2cccc(Cl)c2)ccc1C(=O)O. The van der Waals surface area contributed by atoms with Gasteiger partial charge in [-0.3, -0.25) is 4.90 Å². The second-order valence-corrected chi connectivity index (χ2v) is 6.92. The predicted molar refractivity (Wildman–Crippen MR) is 111 cm³/mol. The number of amides is 2. The minimum atomic E-state index is -4.74. The number of ether oxygens (including phenoxy) is 1. The van der Waals surface area contributed by atoms with Crippen molar-refractivity contribution in [1.82, 2.24) is 9.78 Å². The van der Waals surface area contributed by atoms with Gasteiger partial charge in [0.05, 0.1) is 12.8 Å². The number of urea groups is 1. The highest BCUT2D eigenvalue weighted by molar-refractivity contribution is 6.30. The molecule has 0 radical (unpaired) electrons. The maximum Gasteiger partial charge on any atom is 0.435 e. The molecule has 0 unspecified atom stereocenters. The van der Waals surface area contributed by atoms with Crippen LogP contribution in [0.15, 0.2) is 48.5 Å². The van der Waals surface area contributed by atoms with Crippen molar-refractivity contribution in [3.8, 4) is 11.4 Å². The van der Waals surface area contributed by atoms with Crippen LogP contribution in [0.4, 0.5) is 29.5 Å². The van der Waals surface area contributed by atoms with Gasteiger partial charge in [-0.05, 0) is 30.3 Å². The largest absolute Gasteiger partial charge is 0.496 e. The Morgan fingerprint density at radius 3 is 2.50 bits per heavy atom. The highest BCUT2D eigenvalue weighted by Crippen LogP contribution is 2.33. The van der Waals surface area contributed by atoms with E-state index in [0.717, 1.165) is 15.6 Å². The summed E-state index contributed by atoms with van der Waals surface area (Å²) in [5.41, 5.74) is -0.920. The molecule has 168 valence electrons. The molecule has 3 rings (SSSR count). The summed E-state index contributed by atoms with van der Waals surface area (Å²) in [5.74, 6) is -1.39. The van der Waals surface area contributed by atoms with Gasteiger partial charge in [0.1, 0.15) is 17.1 Å². The molecule has 0 spiro atoms. The quantitative estimate of drug-likeness (QED) is 0.554. The van der Waals surface area contributed by atoms with Crippen LogP contribution in [0.2, 0.25) is 5.02 Å². The maximum absolute atomic E-state index is 13.3. The van der Waals surface area contributed by atoms with Gasteiger partial charge >= 0.3 is 18.2 Å². The second-order valence-electron chi connectivity index (χ2n) is 6.49. The van der Waals surface area contributed by atoms with E-state index in [1.807, 2.05) is 0 Å². The standard InChI is InChI=1S/C20H16ClF3N4O4/c1-27(19(31)25-12-6-7-14(18(29)30)15(9-12)32-2)17-10-16(20(22,23)24)26-28(17)13-5-3-4-11(21)8-13/h3-10H,1-2H3,(H,25,31)(H,29,30). The molecule has 0 fully saturated rings. The summed E-state index contributed by atoms with van der Waals surface area (Å²) in [7, 11) is 2.53. The van der Waals surface area contributed by atoms with E-state index in [0.29, 0.717) is 0 Å². The van der Waals surface area contributed by atoms with Crippen molar-refractivity contribution in [1.29, 1.82) is 0 Å². The first kappa shape index (κ1) is 22.9. The van der Waals surface area contributed by atoms with E-state index in [2.05, 4.69) is 10.4 Å². The number of alkyl halides is 3. The number of halogens is 4. The Morgan fingerprint density at radius 1 is 1.19 bits per heavy atom. The van der Waals surface area contributed by atoms with Gasteiger partial charge in [0.15, 0.2) is 5.69 Å². The minimum Gasteiger partial charge on any atom is -0.496 e. The lowest BCUT2D eigenvalue weighted by atomic mass is 10.2. The number of rotatable bonds is 5. The van der Waals surface area contributed by atoms with Gasteiger partial charge in [-0.2, -0.15) is 18.3 Å². The van der Waals surface area contributed by atoms with Gasteiger partial charge in [0, 0.05) is 29.9 Å². The van der Waals surface area contributed by atoms with E-state index in [4.69, 9.17) is 21.4 Å². The number of carboxylic acid groups (broad SMARTS) is 1. The van der Waals surface area contributed by atoms with Gasteiger partial charge in [-0.25, -0.2) is 14.3 Å². The van der Waals surface area contributed by atoms with Crippen LogP contribution in [0, 0.1) is 0 Å². The van der Waals surface area contributed by atoms with Crippen molar-refractivity contribution < 1.29 is 32.6 Å². The van der Waals surface area contributed by atoms with E-state index in [9.17, 15) is 22.8 Å². The summed E-state index contributed by atoms with van der Waals surface area (Å²) in [4.78, 5) is 24.9. The lowest BCUT2D eigenvalue weighted by Crippen LogP contribution is -2.32. The van der Waals surface area contributed by atoms with Crippen molar-refractivity contribution in [2.45, 2.75) is 6.18 Å². The van der Waals surface area contributed by atoms with E-state index in [-0.39, 0.29) is 33.5 Å². The van der Waals surface area contributed by atoms with Gasteiger partial charge in [-0.15, -0.1) is 0 Å². The average molecular weight is 469 g/mol. The molecule has 0 atom stereocenters. The molecule has 0 bridgehead atoms. The molecule has 2 N–H and O–H groups in total. The molecule has 0 saturated heterocycles. The number of methoxy groups -OCH3 is 1. The van der Waals surface area contributed by atoms with Crippen LogP contribution in [-0.2, 0) is 6.18 Å². The third-order valence-electron chi connectivity index (χ3n) is 4.37. The van der Waals surface area contributed by atoms with Gasteiger partial charge in [0.2, 0.25) is 0 Å². The summed E-state index contributed by atoms with van der Waals surface area (Å²) < 4.78 is 45.8. The van der Waals surface area contributed by atoms with Crippen LogP contribution >= 0.6 is 11.6 Å². The van der Waals surface area contributed by atoms with Crippen molar-refractivity contribution in [3.05, 3.63) is 64.8 Å². The third-order valence-corrected chi connectivity index (χ3v) is 4.60. The molecule has 2 aromatic carbocycles.